The molecule has 1 heterocycles. The van der Waals surface area contributed by atoms with Crippen molar-refractivity contribution in [2.24, 2.45) is 5.92 Å². The van der Waals surface area contributed by atoms with E-state index < -0.39 is 15.7 Å². The largest absolute Gasteiger partial charge is 0.352 e. The first kappa shape index (κ1) is 21.3. The number of amides is 2. The Kier molecular flexibility index (Phi) is 6.59. The van der Waals surface area contributed by atoms with Gasteiger partial charge in [0.05, 0.1) is 16.3 Å². The molecular formula is C20H21FN2O4S2. The summed E-state index contributed by atoms with van der Waals surface area (Å²) in [4.78, 5) is 24.9. The molecule has 1 unspecified atom stereocenters. The van der Waals surface area contributed by atoms with Crippen molar-refractivity contribution >= 4 is 39.1 Å². The molecule has 0 spiro atoms. The fourth-order valence-corrected chi connectivity index (χ4v) is 4.98. The molecule has 154 valence electrons. The van der Waals surface area contributed by atoms with Gasteiger partial charge in [-0.2, -0.15) is 0 Å². The topological polar surface area (TPSA) is 92.3 Å². The number of carbonyl (C=O) groups excluding carboxylic acids is 2. The Hall–Kier alpha value is -2.39. The Morgan fingerprint density at radius 1 is 1.24 bits per heavy atom. The molecule has 2 amide bonds. The molecular weight excluding hydrogens is 415 g/mol. The van der Waals surface area contributed by atoms with Crippen LogP contribution in [0.4, 0.5) is 10.1 Å². The van der Waals surface area contributed by atoms with Crippen LogP contribution in [0.15, 0.2) is 52.3 Å². The molecule has 0 aliphatic carbocycles. The van der Waals surface area contributed by atoms with Crippen molar-refractivity contribution < 1.29 is 22.4 Å². The number of benzene rings is 2. The average Bonchev–Trinajstić information content (AvgIpc) is 2.84. The van der Waals surface area contributed by atoms with Crippen LogP contribution in [0.2, 0.25) is 0 Å². The lowest BCUT2D eigenvalue weighted by Gasteiger charge is -2.10. The minimum Gasteiger partial charge on any atom is -0.352 e. The Morgan fingerprint density at radius 3 is 2.69 bits per heavy atom. The number of carbonyl (C=O) groups is 2. The van der Waals surface area contributed by atoms with Gasteiger partial charge in [-0.3, -0.25) is 9.59 Å². The van der Waals surface area contributed by atoms with Crippen LogP contribution in [-0.4, -0.2) is 31.7 Å². The van der Waals surface area contributed by atoms with Gasteiger partial charge in [-0.25, -0.2) is 12.8 Å². The molecule has 3 rings (SSSR count). The monoisotopic (exact) mass is 436 g/mol. The molecule has 1 aliphatic rings. The first-order valence-corrected chi connectivity index (χ1v) is 11.7. The van der Waals surface area contributed by atoms with Gasteiger partial charge in [-0.1, -0.05) is 19.1 Å². The lowest BCUT2D eigenvalue weighted by molar-refractivity contribution is -0.121. The summed E-state index contributed by atoms with van der Waals surface area (Å²) in [6.07, 6.45) is -0.196. The maximum absolute atomic E-state index is 12.9. The van der Waals surface area contributed by atoms with Crippen LogP contribution in [0.1, 0.15) is 18.9 Å². The van der Waals surface area contributed by atoms with Crippen LogP contribution >= 0.6 is 11.8 Å². The molecule has 0 saturated carbocycles. The highest BCUT2D eigenvalue weighted by atomic mass is 32.2. The fraction of sp³-hybridized carbons (Fsp3) is 0.300. The minimum absolute atomic E-state index is 0.0676. The number of halogens is 1. The van der Waals surface area contributed by atoms with Gasteiger partial charge in [-0.05, 0) is 35.9 Å². The van der Waals surface area contributed by atoms with E-state index in [4.69, 9.17) is 0 Å². The summed E-state index contributed by atoms with van der Waals surface area (Å²) in [5.74, 6) is -0.818. The zero-order valence-electron chi connectivity index (χ0n) is 15.8. The van der Waals surface area contributed by atoms with E-state index in [0.717, 1.165) is 10.5 Å². The van der Waals surface area contributed by atoms with Gasteiger partial charge >= 0.3 is 0 Å². The van der Waals surface area contributed by atoms with Crippen molar-refractivity contribution in [1.29, 1.82) is 0 Å². The molecule has 9 heteroatoms. The van der Waals surface area contributed by atoms with Crippen LogP contribution in [0.5, 0.6) is 0 Å². The van der Waals surface area contributed by atoms with Crippen LogP contribution in [-0.2, 0) is 26.0 Å². The van der Waals surface area contributed by atoms with E-state index in [1.165, 1.54) is 36.0 Å². The zero-order chi connectivity index (χ0) is 21.0. The Balaban J connectivity index is 1.61. The second kappa shape index (κ2) is 8.96. The highest BCUT2D eigenvalue weighted by Gasteiger charge is 2.23. The number of anilines is 1. The average molecular weight is 437 g/mol. The van der Waals surface area contributed by atoms with Crippen molar-refractivity contribution in [2.75, 3.05) is 16.8 Å². The molecule has 6 nitrogen and oxygen atoms in total. The molecule has 29 heavy (non-hydrogen) atoms. The van der Waals surface area contributed by atoms with E-state index in [0.29, 0.717) is 11.4 Å². The van der Waals surface area contributed by atoms with Crippen LogP contribution in [0.3, 0.4) is 0 Å². The third-order valence-corrected chi connectivity index (χ3v) is 7.55. The second-order valence-corrected chi connectivity index (χ2v) is 10.0. The summed E-state index contributed by atoms with van der Waals surface area (Å²) >= 11 is 1.50. The SMILES string of the molecule is CC1CSc2ccc(S(=O)(=O)CCC(=O)NCc3ccc(F)cc3)cc2NC1=O. The molecule has 0 aromatic heterocycles. The number of hydrogen-bond donors (Lipinski definition) is 2. The van der Waals surface area contributed by atoms with E-state index in [-0.39, 0.29) is 41.3 Å². The molecule has 1 aliphatic heterocycles. The maximum Gasteiger partial charge on any atom is 0.228 e. The zero-order valence-corrected chi connectivity index (χ0v) is 17.4. The van der Waals surface area contributed by atoms with Gasteiger partial charge < -0.3 is 10.6 Å². The first-order chi connectivity index (χ1) is 13.7. The molecule has 2 aromatic carbocycles. The first-order valence-electron chi connectivity index (χ1n) is 9.06. The highest BCUT2D eigenvalue weighted by Crippen LogP contribution is 2.34. The van der Waals surface area contributed by atoms with Gasteiger partial charge in [0.1, 0.15) is 5.82 Å². The van der Waals surface area contributed by atoms with E-state index in [1.807, 2.05) is 6.92 Å². The van der Waals surface area contributed by atoms with Gasteiger partial charge in [0.2, 0.25) is 11.8 Å². The second-order valence-electron chi connectivity index (χ2n) is 6.83. The highest BCUT2D eigenvalue weighted by molar-refractivity contribution is 7.99. The molecule has 0 fully saturated rings. The Labute approximate surface area is 173 Å². The maximum atomic E-state index is 12.9. The number of thioether (sulfide) groups is 1. The summed E-state index contributed by atoms with van der Waals surface area (Å²) in [5.41, 5.74) is 1.20. The quantitative estimate of drug-likeness (QED) is 0.726. The Morgan fingerprint density at radius 2 is 1.97 bits per heavy atom. The number of fused-ring (bicyclic) bond motifs is 1. The smallest absolute Gasteiger partial charge is 0.228 e. The van der Waals surface area contributed by atoms with Gasteiger partial charge in [0.25, 0.3) is 0 Å². The van der Waals surface area contributed by atoms with Gasteiger partial charge in [0.15, 0.2) is 9.84 Å². The van der Waals surface area contributed by atoms with E-state index in [9.17, 15) is 22.4 Å². The summed E-state index contributed by atoms with van der Waals surface area (Å²) in [5, 5.41) is 5.39. The number of nitrogens with one attached hydrogen (secondary N) is 2. The predicted octanol–water partition coefficient (Wildman–Crippen LogP) is 2.99. The summed E-state index contributed by atoms with van der Waals surface area (Å²) in [6, 6.07) is 10.3. The lowest BCUT2D eigenvalue weighted by atomic mass is 10.2. The number of sulfone groups is 1. The third kappa shape index (κ3) is 5.57. The van der Waals surface area contributed by atoms with Crippen LogP contribution < -0.4 is 10.6 Å². The molecule has 2 aromatic rings. The molecule has 0 bridgehead atoms. The van der Waals surface area contributed by atoms with Crippen molar-refractivity contribution in [3.8, 4) is 0 Å². The lowest BCUT2D eigenvalue weighted by Crippen LogP contribution is -2.25. The standard InChI is InChI=1S/C20H21FN2O4S2/c1-13-12-28-18-7-6-16(10-17(18)23-20(13)25)29(26,27)9-8-19(24)22-11-14-2-4-15(21)5-3-14/h2-7,10,13H,8-9,11-12H2,1H3,(H,22,24)(H,23,25). The Bertz CT molecular complexity index is 1020. The molecule has 0 saturated heterocycles. The summed E-state index contributed by atoms with van der Waals surface area (Å²) in [6.45, 7) is 2.01. The van der Waals surface area contributed by atoms with Crippen molar-refractivity contribution in [3.05, 3.63) is 53.8 Å². The normalized spacial score (nSPS) is 16.5. The van der Waals surface area contributed by atoms with E-state index >= 15 is 0 Å². The van der Waals surface area contributed by atoms with Crippen LogP contribution in [0, 0.1) is 11.7 Å². The van der Waals surface area contributed by atoms with Gasteiger partial charge in [0, 0.05) is 29.5 Å². The minimum atomic E-state index is -3.69. The van der Waals surface area contributed by atoms with E-state index in [2.05, 4.69) is 10.6 Å². The molecule has 1 atom stereocenters. The predicted molar refractivity (Wildman–Crippen MR) is 110 cm³/mol. The number of rotatable bonds is 6. The molecule has 2 N–H and O–H groups in total. The third-order valence-electron chi connectivity index (χ3n) is 4.51. The molecule has 0 radical (unpaired) electrons. The number of hydrogen-bond acceptors (Lipinski definition) is 5. The van der Waals surface area contributed by atoms with Crippen molar-refractivity contribution in [2.45, 2.75) is 29.7 Å². The summed E-state index contributed by atoms with van der Waals surface area (Å²) in [7, 11) is -3.69. The summed E-state index contributed by atoms with van der Waals surface area (Å²) < 4.78 is 38.1. The fourth-order valence-electron chi connectivity index (χ4n) is 2.71. The van der Waals surface area contributed by atoms with Crippen molar-refractivity contribution in [1.82, 2.24) is 5.32 Å². The van der Waals surface area contributed by atoms with E-state index in [1.54, 1.807) is 18.2 Å². The van der Waals surface area contributed by atoms with Gasteiger partial charge in [-0.15, -0.1) is 11.8 Å². The van der Waals surface area contributed by atoms with Crippen molar-refractivity contribution in [3.63, 3.8) is 0 Å². The van der Waals surface area contributed by atoms with Crippen LogP contribution in [0.25, 0.3) is 0 Å².